The number of ketones is 1. The van der Waals surface area contributed by atoms with Crippen LogP contribution in [0.3, 0.4) is 0 Å². The summed E-state index contributed by atoms with van der Waals surface area (Å²) in [5, 5.41) is 0.455. The number of nitrogens with zero attached hydrogens (tertiary/aromatic N) is 1. The number of ether oxygens (including phenoxy) is 2. The molecule has 1 fully saturated rings. The van der Waals surface area contributed by atoms with Crippen LogP contribution in [0.5, 0.6) is 5.75 Å². The molecule has 0 N–H and O–H groups in total. The number of allylic oxidation sites excluding steroid dienone is 1. The van der Waals surface area contributed by atoms with E-state index in [1.807, 2.05) is 6.92 Å². The molecule has 0 unspecified atom stereocenters. The minimum Gasteiger partial charge on any atom is -0.491 e. The van der Waals surface area contributed by atoms with Crippen LogP contribution in [0.1, 0.15) is 23.7 Å². The van der Waals surface area contributed by atoms with Gasteiger partial charge in [-0.3, -0.25) is 9.69 Å². The van der Waals surface area contributed by atoms with Crippen LogP contribution >= 0.6 is 11.6 Å². The molecule has 0 bridgehead atoms. The van der Waals surface area contributed by atoms with Crippen molar-refractivity contribution in [1.29, 1.82) is 0 Å². The van der Waals surface area contributed by atoms with E-state index >= 15 is 0 Å². The molecule has 0 saturated carbocycles. The average Bonchev–Trinajstić information content (AvgIpc) is 2.55. The molecule has 5 heteroatoms. The van der Waals surface area contributed by atoms with Gasteiger partial charge in [-0.25, -0.2) is 0 Å². The Bertz CT molecular complexity index is 539. The van der Waals surface area contributed by atoms with Crippen LogP contribution in [0.4, 0.5) is 0 Å². The van der Waals surface area contributed by atoms with Crippen molar-refractivity contribution < 1.29 is 14.3 Å². The third kappa shape index (κ3) is 4.57. The third-order valence-electron chi connectivity index (χ3n) is 3.71. The maximum atomic E-state index is 12.0. The Morgan fingerprint density at radius 3 is 2.77 bits per heavy atom. The van der Waals surface area contributed by atoms with Gasteiger partial charge in [-0.2, -0.15) is 0 Å². The van der Waals surface area contributed by atoms with Gasteiger partial charge in [0, 0.05) is 25.2 Å². The summed E-state index contributed by atoms with van der Waals surface area (Å²) in [5.41, 5.74) is 1.13. The fraction of sp³-hybridized carbons (Fsp3) is 0.471. The molecule has 1 aromatic rings. The highest BCUT2D eigenvalue weighted by Gasteiger charge is 2.13. The smallest absolute Gasteiger partial charge is 0.188 e. The van der Waals surface area contributed by atoms with Crippen molar-refractivity contribution in [3.8, 4) is 5.75 Å². The summed E-state index contributed by atoms with van der Waals surface area (Å²) in [6.45, 7) is 10.5. The number of hydrogen-bond donors (Lipinski definition) is 0. The maximum absolute atomic E-state index is 12.0. The number of rotatable bonds is 7. The molecular weight excluding hydrogens is 302 g/mol. The average molecular weight is 324 g/mol. The normalized spacial score (nSPS) is 15.5. The summed E-state index contributed by atoms with van der Waals surface area (Å²) < 4.78 is 11.0. The third-order valence-corrected chi connectivity index (χ3v) is 4.01. The van der Waals surface area contributed by atoms with E-state index in [4.69, 9.17) is 21.1 Å². The zero-order chi connectivity index (χ0) is 15.9. The molecule has 120 valence electrons. The fourth-order valence-electron chi connectivity index (χ4n) is 2.23. The van der Waals surface area contributed by atoms with Crippen LogP contribution < -0.4 is 4.74 Å². The van der Waals surface area contributed by atoms with E-state index in [9.17, 15) is 4.79 Å². The molecule has 0 atom stereocenters. The Labute approximate surface area is 136 Å². The Morgan fingerprint density at radius 2 is 2.14 bits per heavy atom. The minimum atomic E-state index is -0.0655. The second kappa shape index (κ2) is 8.32. The van der Waals surface area contributed by atoms with Crippen LogP contribution in [-0.2, 0) is 4.74 Å². The lowest BCUT2D eigenvalue weighted by Crippen LogP contribution is -2.38. The van der Waals surface area contributed by atoms with E-state index in [2.05, 4.69) is 11.5 Å². The standard InChI is InChI=1S/C17H22ClNO3/c1-3-13(2)17(20)14-4-5-16(15(18)12-14)22-11-8-19-6-9-21-10-7-19/h4-5,12H,2-3,6-11H2,1H3. The molecule has 0 aromatic heterocycles. The van der Waals surface area contributed by atoms with Crippen LogP contribution in [-0.4, -0.2) is 50.1 Å². The molecule has 0 amide bonds. The Morgan fingerprint density at radius 1 is 1.41 bits per heavy atom. The van der Waals surface area contributed by atoms with Crippen molar-refractivity contribution in [2.45, 2.75) is 13.3 Å². The van der Waals surface area contributed by atoms with E-state index < -0.39 is 0 Å². The Hall–Kier alpha value is -1.36. The number of morpholine rings is 1. The molecular formula is C17H22ClNO3. The second-order valence-electron chi connectivity index (χ2n) is 5.23. The summed E-state index contributed by atoms with van der Waals surface area (Å²) in [4.78, 5) is 14.3. The minimum absolute atomic E-state index is 0.0655. The molecule has 0 radical (unpaired) electrons. The first-order chi connectivity index (χ1) is 10.6. The monoisotopic (exact) mass is 323 g/mol. The van der Waals surface area contributed by atoms with Crippen molar-refractivity contribution >= 4 is 17.4 Å². The first-order valence-corrected chi connectivity index (χ1v) is 7.94. The Balaban J connectivity index is 1.89. The zero-order valence-corrected chi connectivity index (χ0v) is 13.7. The van der Waals surface area contributed by atoms with Gasteiger partial charge in [-0.15, -0.1) is 0 Å². The van der Waals surface area contributed by atoms with Crippen molar-refractivity contribution in [2.75, 3.05) is 39.5 Å². The van der Waals surface area contributed by atoms with Gasteiger partial charge < -0.3 is 9.47 Å². The van der Waals surface area contributed by atoms with Gasteiger partial charge in [-0.1, -0.05) is 25.1 Å². The summed E-state index contributed by atoms with van der Waals surface area (Å²) in [6, 6.07) is 5.13. The van der Waals surface area contributed by atoms with E-state index in [1.165, 1.54) is 0 Å². The van der Waals surface area contributed by atoms with E-state index in [0.717, 1.165) is 32.8 Å². The van der Waals surface area contributed by atoms with E-state index in [0.29, 0.717) is 34.9 Å². The summed E-state index contributed by atoms with van der Waals surface area (Å²) in [7, 11) is 0. The fourth-order valence-corrected chi connectivity index (χ4v) is 2.47. The largest absolute Gasteiger partial charge is 0.491 e. The molecule has 1 heterocycles. The van der Waals surface area contributed by atoms with Gasteiger partial charge in [0.25, 0.3) is 0 Å². The first kappa shape index (κ1) is 17.0. The van der Waals surface area contributed by atoms with Crippen molar-refractivity contribution in [1.82, 2.24) is 4.90 Å². The lowest BCUT2D eigenvalue weighted by Gasteiger charge is -2.26. The topological polar surface area (TPSA) is 38.8 Å². The van der Waals surface area contributed by atoms with Gasteiger partial charge in [-0.05, 0) is 30.2 Å². The van der Waals surface area contributed by atoms with E-state index in [1.54, 1.807) is 18.2 Å². The van der Waals surface area contributed by atoms with Gasteiger partial charge in [0.1, 0.15) is 12.4 Å². The maximum Gasteiger partial charge on any atom is 0.188 e. The number of carbonyl (C=O) groups is 1. The predicted molar refractivity (Wildman–Crippen MR) is 88.0 cm³/mol. The first-order valence-electron chi connectivity index (χ1n) is 7.56. The second-order valence-corrected chi connectivity index (χ2v) is 5.64. The summed E-state index contributed by atoms with van der Waals surface area (Å²) >= 11 is 6.20. The van der Waals surface area contributed by atoms with Gasteiger partial charge in [0.05, 0.1) is 18.2 Å². The number of Topliss-reactive ketones (excluding diaryl/α,β-unsaturated/α-hetero) is 1. The van der Waals surface area contributed by atoms with Gasteiger partial charge in [0.15, 0.2) is 5.78 Å². The molecule has 0 spiro atoms. The summed E-state index contributed by atoms with van der Waals surface area (Å²) in [6.07, 6.45) is 0.633. The zero-order valence-electron chi connectivity index (χ0n) is 12.9. The van der Waals surface area contributed by atoms with Crippen LogP contribution in [0, 0.1) is 0 Å². The molecule has 2 rings (SSSR count). The van der Waals surface area contributed by atoms with Crippen molar-refractivity contribution in [2.24, 2.45) is 0 Å². The number of benzene rings is 1. The highest BCUT2D eigenvalue weighted by atomic mass is 35.5. The number of halogens is 1. The van der Waals surface area contributed by atoms with Crippen LogP contribution in [0.2, 0.25) is 5.02 Å². The highest BCUT2D eigenvalue weighted by molar-refractivity contribution is 6.32. The van der Waals surface area contributed by atoms with Crippen LogP contribution in [0.25, 0.3) is 0 Å². The van der Waals surface area contributed by atoms with Crippen molar-refractivity contribution in [3.05, 3.63) is 40.9 Å². The lowest BCUT2D eigenvalue weighted by atomic mass is 10.0. The summed E-state index contributed by atoms with van der Waals surface area (Å²) in [5.74, 6) is 0.540. The molecule has 0 aliphatic carbocycles. The van der Waals surface area contributed by atoms with Crippen molar-refractivity contribution in [3.63, 3.8) is 0 Å². The number of carbonyl (C=O) groups excluding carboxylic acids is 1. The van der Waals surface area contributed by atoms with Gasteiger partial charge in [0.2, 0.25) is 0 Å². The highest BCUT2D eigenvalue weighted by Crippen LogP contribution is 2.26. The number of hydrogen-bond acceptors (Lipinski definition) is 4. The predicted octanol–water partition coefficient (Wildman–Crippen LogP) is 3.20. The molecule has 1 saturated heterocycles. The molecule has 1 aliphatic rings. The quantitative estimate of drug-likeness (QED) is 0.570. The van der Waals surface area contributed by atoms with Crippen LogP contribution in [0.15, 0.2) is 30.4 Å². The SMILES string of the molecule is C=C(CC)C(=O)c1ccc(OCCN2CCOCC2)c(Cl)c1. The lowest BCUT2D eigenvalue weighted by molar-refractivity contribution is 0.0322. The molecule has 1 aromatic carbocycles. The van der Waals surface area contributed by atoms with Gasteiger partial charge >= 0.3 is 0 Å². The molecule has 1 aliphatic heterocycles. The Kier molecular flexibility index (Phi) is 6.43. The molecule has 4 nitrogen and oxygen atoms in total. The molecule has 22 heavy (non-hydrogen) atoms. The van der Waals surface area contributed by atoms with E-state index in [-0.39, 0.29) is 5.78 Å².